The molecule has 8 nitrogen and oxygen atoms in total. The molecular weight excluding hydrogens is 244 g/mol. The molecule has 0 amide bonds. The van der Waals surface area contributed by atoms with E-state index >= 15 is 0 Å². The molecule has 8 heteroatoms. The normalized spacial score (nSPS) is 31.7. The number of nitrogens with zero attached hydrogens (tertiary/aromatic N) is 1. The minimum absolute atomic E-state index is 0.393. The number of methoxy groups -OCH3 is 1. The van der Waals surface area contributed by atoms with Crippen molar-refractivity contribution in [3.05, 3.63) is 33.1 Å². The van der Waals surface area contributed by atoms with Gasteiger partial charge in [-0.2, -0.15) is 0 Å². The van der Waals surface area contributed by atoms with Gasteiger partial charge < -0.3 is 19.7 Å². The molecule has 0 radical (unpaired) electrons. The molecule has 1 aromatic rings. The van der Waals surface area contributed by atoms with Crippen molar-refractivity contribution in [1.29, 1.82) is 0 Å². The predicted molar refractivity (Wildman–Crippen MR) is 59.1 cm³/mol. The van der Waals surface area contributed by atoms with Gasteiger partial charge in [-0.1, -0.05) is 0 Å². The van der Waals surface area contributed by atoms with Gasteiger partial charge in [-0.25, -0.2) is 4.79 Å². The van der Waals surface area contributed by atoms with E-state index in [0.717, 1.165) is 10.6 Å². The molecule has 100 valence electrons. The van der Waals surface area contributed by atoms with E-state index in [1.807, 2.05) is 0 Å². The summed E-state index contributed by atoms with van der Waals surface area (Å²) in [6.45, 7) is -0.393. The lowest BCUT2D eigenvalue weighted by atomic mass is 10.1. The molecule has 1 aromatic heterocycles. The topological polar surface area (TPSA) is 114 Å². The molecule has 0 spiro atoms. The Balaban J connectivity index is 2.38. The molecule has 0 saturated carbocycles. The van der Waals surface area contributed by atoms with Gasteiger partial charge in [-0.05, 0) is 0 Å². The van der Waals surface area contributed by atoms with Crippen LogP contribution in [0, 0.1) is 0 Å². The summed E-state index contributed by atoms with van der Waals surface area (Å²) in [7, 11) is 1.36. The molecule has 0 bridgehead atoms. The van der Waals surface area contributed by atoms with Crippen molar-refractivity contribution < 1.29 is 19.7 Å². The summed E-state index contributed by atoms with van der Waals surface area (Å²) in [6.07, 6.45) is -2.33. The summed E-state index contributed by atoms with van der Waals surface area (Å²) >= 11 is 0. The van der Waals surface area contributed by atoms with E-state index in [2.05, 4.69) is 4.98 Å². The van der Waals surface area contributed by atoms with E-state index in [1.165, 1.54) is 13.3 Å². The van der Waals surface area contributed by atoms with Gasteiger partial charge >= 0.3 is 5.69 Å². The molecule has 0 aliphatic carbocycles. The number of aromatic nitrogens is 2. The molecule has 1 aliphatic heterocycles. The van der Waals surface area contributed by atoms with Crippen molar-refractivity contribution >= 4 is 0 Å². The predicted octanol–water partition coefficient (Wildman–Crippen LogP) is -2.20. The summed E-state index contributed by atoms with van der Waals surface area (Å²) in [5.41, 5.74) is -1.19. The third-order valence-corrected chi connectivity index (χ3v) is 2.89. The van der Waals surface area contributed by atoms with Crippen LogP contribution in [0.5, 0.6) is 0 Å². The van der Waals surface area contributed by atoms with E-state index in [4.69, 9.17) is 14.6 Å². The molecular formula is C10H14N2O6. The average molecular weight is 258 g/mol. The number of nitrogens with one attached hydrogen (secondary N) is 1. The number of H-pyrrole nitrogens is 1. The van der Waals surface area contributed by atoms with Gasteiger partial charge in [0.2, 0.25) is 0 Å². The van der Waals surface area contributed by atoms with Gasteiger partial charge in [0.05, 0.1) is 6.61 Å². The highest BCUT2D eigenvalue weighted by Gasteiger charge is 2.45. The van der Waals surface area contributed by atoms with E-state index in [0.29, 0.717) is 0 Å². The number of aliphatic hydroxyl groups excluding tert-OH is 2. The van der Waals surface area contributed by atoms with Crippen LogP contribution in [0.1, 0.15) is 6.23 Å². The minimum atomic E-state index is -1.05. The Bertz CT molecular complexity index is 524. The number of hydrogen-bond donors (Lipinski definition) is 3. The number of aliphatic hydroxyl groups is 2. The lowest BCUT2D eigenvalue weighted by Gasteiger charge is -2.19. The van der Waals surface area contributed by atoms with E-state index in [1.54, 1.807) is 0 Å². The van der Waals surface area contributed by atoms with Crippen LogP contribution in [0.3, 0.4) is 0 Å². The van der Waals surface area contributed by atoms with Crippen LogP contribution in [0.25, 0.3) is 0 Å². The van der Waals surface area contributed by atoms with Crippen LogP contribution < -0.4 is 11.2 Å². The van der Waals surface area contributed by atoms with Gasteiger partial charge in [-0.15, -0.1) is 0 Å². The van der Waals surface area contributed by atoms with Crippen molar-refractivity contribution in [2.45, 2.75) is 24.5 Å². The van der Waals surface area contributed by atoms with Gasteiger partial charge in [0.15, 0.2) is 6.23 Å². The highest BCUT2D eigenvalue weighted by molar-refractivity contribution is 4.93. The molecule has 1 saturated heterocycles. The van der Waals surface area contributed by atoms with Crippen LogP contribution in [0.4, 0.5) is 0 Å². The van der Waals surface area contributed by atoms with Crippen LogP contribution in [0.15, 0.2) is 21.9 Å². The first-order chi connectivity index (χ1) is 8.58. The molecule has 1 fully saturated rings. The molecule has 3 N–H and O–H groups in total. The lowest BCUT2D eigenvalue weighted by molar-refractivity contribution is -0.0625. The maximum absolute atomic E-state index is 11.6. The average Bonchev–Trinajstić information content (AvgIpc) is 2.65. The van der Waals surface area contributed by atoms with E-state index in [9.17, 15) is 14.7 Å². The zero-order chi connectivity index (χ0) is 13.3. The summed E-state index contributed by atoms with van der Waals surface area (Å²) in [5, 5.41) is 18.9. The third-order valence-electron chi connectivity index (χ3n) is 2.89. The van der Waals surface area contributed by atoms with Crippen LogP contribution >= 0.6 is 0 Å². The van der Waals surface area contributed by atoms with Crippen molar-refractivity contribution in [3.8, 4) is 0 Å². The molecule has 0 unspecified atom stereocenters. The smallest absolute Gasteiger partial charge is 0.330 e. The first kappa shape index (κ1) is 13.0. The van der Waals surface area contributed by atoms with Crippen LogP contribution in [-0.4, -0.2) is 51.8 Å². The Labute approximate surface area is 101 Å². The van der Waals surface area contributed by atoms with E-state index < -0.39 is 42.4 Å². The zero-order valence-corrected chi connectivity index (χ0v) is 9.65. The SMILES string of the molecule is CO[C@H]1[C@@H](O)[C@H](CO)O[C@@H]1n1ccc(=O)[nH]c1=O. The van der Waals surface area contributed by atoms with Gasteiger partial charge in [-0.3, -0.25) is 14.3 Å². The second-order valence-electron chi connectivity index (χ2n) is 3.96. The molecule has 1 aliphatic rings. The van der Waals surface area contributed by atoms with Crippen molar-refractivity contribution in [1.82, 2.24) is 9.55 Å². The molecule has 18 heavy (non-hydrogen) atoms. The summed E-state index contributed by atoms with van der Waals surface area (Å²) < 4.78 is 11.5. The molecule has 2 rings (SSSR count). The van der Waals surface area contributed by atoms with Crippen LogP contribution in [-0.2, 0) is 9.47 Å². The lowest BCUT2D eigenvalue weighted by Crippen LogP contribution is -2.38. The number of rotatable bonds is 3. The highest BCUT2D eigenvalue weighted by Crippen LogP contribution is 2.29. The van der Waals surface area contributed by atoms with Crippen molar-refractivity contribution in [2.24, 2.45) is 0 Å². The quantitative estimate of drug-likeness (QED) is 0.567. The Morgan fingerprint density at radius 3 is 2.83 bits per heavy atom. The fraction of sp³-hybridized carbons (Fsp3) is 0.600. The molecule has 4 atom stereocenters. The molecule has 2 heterocycles. The first-order valence-electron chi connectivity index (χ1n) is 5.37. The summed E-state index contributed by atoms with van der Waals surface area (Å²) in [5.74, 6) is 0. The Morgan fingerprint density at radius 2 is 2.28 bits per heavy atom. The second-order valence-corrected chi connectivity index (χ2v) is 3.96. The third kappa shape index (κ3) is 2.10. The standard InChI is InChI=1S/C10H14N2O6/c1-17-8-7(15)5(4-13)18-9(8)12-3-2-6(14)11-10(12)16/h2-3,5,7-9,13,15H,4H2,1H3,(H,11,14,16)/t5-,7-,8-,9-/m0/s1. The van der Waals surface area contributed by atoms with Crippen molar-refractivity contribution in [2.75, 3.05) is 13.7 Å². The summed E-state index contributed by atoms with van der Waals surface area (Å²) in [6, 6.07) is 1.16. The van der Waals surface area contributed by atoms with Gasteiger partial charge in [0, 0.05) is 19.4 Å². The highest BCUT2D eigenvalue weighted by atomic mass is 16.6. The number of aromatic amines is 1. The van der Waals surface area contributed by atoms with Gasteiger partial charge in [0.1, 0.15) is 18.3 Å². The first-order valence-corrected chi connectivity index (χ1v) is 5.37. The minimum Gasteiger partial charge on any atom is -0.394 e. The fourth-order valence-corrected chi connectivity index (χ4v) is 1.98. The number of hydrogen-bond acceptors (Lipinski definition) is 6. The van der Waals surface area contributed by atoms with E-state index in [-0.39, 0.29) is 0 Å². The number of ether oxygens (including phenoxy) is 2. The monoisotopic (exact) mass is 258 g/mol. The Kier molecular flexibility index (Phi) is 3.62. The zero-order valence-electron chi connectivity index (χ0n) is 9.65. The maximum Gasteiger partial charge on any atom is 0.330 e. The summed E-state index contributed by atoms with van der Waals surface area (Å²) in [4.78, 5) is 24.7. The maximum atomic E-state index is 11.6. The van der Waals surface area contributed by atoms with Crippen LogP contribution in [0.2, 0.25) is 0 Å². The second kappa shape index (κ2) is 5.02. The Hall–Kier alpha value is -1.48. The van der Waals surface area contributed by atoms with Crippen molar-refractivity contribution in [3.63, 3.8) is 0 Å². The molecule has 0 aromatic carbocycles. The van der Waals surface area contributed by atoms with Gasteiger partial charge in [0.25, 0.3) is 5.56 Å². The largest absolute Gasteiger partial charge is 0.394 e. The fourth-order valence-electron chi connectivity index (χ4n) is 1.98. The Morgan fingerprint density at radius 1 is 1.56 bits per heavy atom.